The summed E-state index contributed by atoms with van der Waals surface area (Å²) in [5.41, 5.74) is 5.77. The average molecular weight is 415 g/mol. The summed E-state index contributed by atoms with van der Waals surface area (Å²) in [4.78, 5) is 16.8. The first kappa shape index (κ1) is 21.0. The minimum atomic E-state index is 0.256. The lowest BCUT2D eigenvalue weighted by Gasteiger charge is -2.35. The number of amides is 1. The van der Waals surface area contributed by atoms with Gasteiger partial charge < -0.3 is 9.80 Å². The van der Waals surface area contributed by atoms with Gasteiger partial charge in [-0.3, -0.25) is 4.79 Å². The molecule has 1 aliphatic rings. The Morgan fingerprint density at radius 2 is 1.68 bits per heavy atom. The summed E-state index contributed by atoms with van der Waals surface area (Å²) < 4.78 is 0. The molecule has 3 aromatic rings. The molecule has 0 radical (unpaired) electrons. The van der Waals surface area contributed by atoms with Gasteiger partial charge in [0.2, 0.25) is 5.91 Å². The van der Waals surface area contributed by atoms with Crippen LogP contribution in [0.4, 0.5) is 5.82 Å². The van der Waals surface area contributed by atoms with Crippen LogP contribution in [0.15, 0.2) is 60.7 Å². The van der Waals surface area contributed by atoms with Crippen molar-refractivity contribution in [3.05, 3.63) is 77.4 Å². The second kappa shape index (κ2) is 9.73. The van der Waals surface area contributed by atoms with Crippen molar-refractivity contribution in [1.29, 1.82) is 0 Å². The highest BCUT2D eigenvalue weighted by molar-refractivity contribution is 5.76. The second-order valence-electron chi connectivity index (χ2n) is 8.30. The van der Waals surface area contributed by atoms with E-state index in [9.17, 15) is 4.79 Å². The molecule has 31 heavy (non-hydrogen) atoms. The Hall–Kier alpha value is -3.21. The molecule has 160 valence electrons. The molecule has 5 nitrogen and oxygen atoms in total. The van der Waals surface area contributed by atoms with Gasteiger partial charge in [0.25, 0.3) is 0 Å². The fourth-order valence-electron chi connectivity index (χ4n) is 4.17. The van der Waals surface area contributed by atoms with Gasteiger partial charge in [-0.15, -0.1) is 10.2 Å². The zero-order chi connectivity index (χ0) is 21.6. The molecule has 1 fully saturated rings. The number of hydrogen-bond donors (Lipinski definition) is 0. The molecule has 1 aromatic heterocycles. The first-order valence-corrected chi connectivity index (χ1v) is 11.1. The van der Waals surface area contributed by atoms with Gasteiger partial charge in [-0.25, -0.2) is 0 Å². The number of anilines is 1. The highest BCUT2D eigenvalue weighted by Gasteiger charge is 2.22. The van der Waals surface area contributed by atoms with Gasteiger partial charge in [0, 0.05) is 38.2 Å². The Kier molecular flexibility index (Phi) is 6.60. The Labute approximate surface area is 184 Å². The summed E-state index contributed by atoms with van der Waals surface area (Å²) in [5, 5.41) is 8.93. The van der Waals surface area contributed by atoms with Gasteiger partial charge in [-0.1, -0.05) is 54.1 Å². The van der Waals surface area contributed by atoms with E-state index in [1.807, 2.05) is 35.2 Å². The van der Waals surface area contributed by atoms with Gasteiger partial charge in [-0.05, 0) is 49.9 Å². The average Bonchev–Trinajstić information content (AvgIpc) is 2.80. The van der Waals surface area contributed by atoms with Crippen LogP contribution in [-0.2, 0) is 11.2 Å². The zero-order valence-corrected chi connectivity index (χ0v) is 18.4. The van der Waals surface area contributed by atoms with Gasteiger partial charge in [0.1, 0.15) is 0 Å². The van der Waals surface area contributed by atoms with E-state index in [4.69, 9.17) is 0 Å². The third-order valence-corrected chi connectivity index (χ3v) is 5.96. The van der Waals surface area contributed by atoms with Crippen molar-refractivity contribution < 1.29 is 4.79 Å². The van der Waals surface area contributed by atoms with Crippen LogP contribution in [0.2, 0.25) is 0 Å². The topological polar surface area (TPSA) is 49.3 Å². The lowest BCUT2D eigenvalue weighted by atomic mass is 10.0. The summed E-state index contributed by atoms with van der Waals surface area (Å²) in [5.74, 6) is 1.14. The first-order chi connectivity index (χ1) is 15.1. The highest BCUT2D eigenvalue weighted by atomic mass is 16.2. The monoisotopic (exact) mass is 414 g/mol. The third kappa shape index (κ3) is 5.29. The van der Waals surface area contributed by atoms with Gasteiger partial charge in [-0.2, -0.15) is 0 Å². The third-order valence-electron chi connectivity index (χ3n) is 5.96. The van der Waals surface area contributed by atoms with E-state index >= 15 is 0 Å². The van der Waals surface area contributed by atoms with Gasteiger partial charge >= 0.3 is 0 Å². The molecule has 0 aliphatic carbocycles. The maximum absolute atomic E-state index is 12.6. The Balaban J connectivity index is 1.28. The molecule has 1 saturated heterocycles. The normalized spacial score (nSPS) is 14.0. The number of carbonyl (C=O) groups is 1. The SMILES string of the molecule is Cc1ccc(-c2ccc(N3CCN(C(=O)CCCc4ccccc4)CC3)nn2)c(C)c1. The van der Waals surface area contributed by atoms with Crippen LogP contribution < -0.4 is 4.90 Å². The smallest absolute Gasteiger partial charge is 0.222 e. The number of nitrogens with zero attached hydrogens (tertiary/aromatic N) is 4. The zero-order valence-electron chi connectivity index (χ0n) is 18.4. The van der Waals surface area contributed by atoms with Crippen molar-refractivity contribution in [2.45, 2.75) is 33.1 Å². The molecule has 1 amide bonds. The number of aromatic nitrogens is 2. The predicted octanol–water partition coefficient (Wildman–Crippen LogP) is 4.43. The number of aryl methyl sites for hydroxylation is 3. The van der Waals surface area contributed by atoms with E-state index in [1.54, 1.807) is 0 Å². The van der Waals surface area contributed by atoms with Gasteiger partial charge in [0.15, 0.2) is 5.82 Å². The Morgan fingerprint density at radius 1 is 0.903 bits per heavy atom. The van der Waals surface area contributed by atoms with Crippen LogP contribution in [-0.4, -0.2) is 47.2 Å². The molecule has 4 rings (SSSR count). The minimum Gasteiger partial charge on any atom is -0.352 e. The fourth-order valence-corrected chi connectivity index (χ4v) is 4.17. The van der Waals surface area contributed by atoms with Crippen LogP contribution >= 0.6 is 0 Å². The number of benzene rings is 2. The molecule has 2 aromatic carbocycles. The van der Waals surface area contributed by atoms with Crippen molar-refractivity contribution in [2.24, 2.45) is 0 Å². The van der Waals surface area contributed by atoms with E-state index in [0.29, 0.717) is 6.42 Å². The van der Waals surface area contributed by atoms with E-state index in [0.717, 1.165) is 56.1 Å². The summed E-state index contributed by atoms with van der Waals surface area (Å²) in [6, 6.07) is 20.8. The Bertz CT molecular complexity index is 1010. The predicted molar refractivity (Wildman–Crippen MR) is 125 cm³/mol. The summed E-state index contributed by atoms with van der Waals surface area (Å²) in [7, 11) is 0. The first-order valence-electron chi connectivity index (χ1n) is 11.1. The number of carbonyl (C=O) groups excluding carboxylic acids is 1. The molecule has 0 bridgehead atoms. The standard InChI is InChI=1S/C26H30N4O/c1-20-11-12-23(21(2)19-20)24-13-14-25(28-27-24)29-15-17-30(18-16-29)26(31)10-6-9-22-7-4-3-5-8-22/h3-5,7-8,11-14,19H,6,9-10,15-18H2,1-2H3. The molecule has 1 aliphatic heterocycles. The quantitative estimate of drug-likeness (QED) is 0.599. The van der Waals surface area contributed by atoms with Crippen molar-refractivity contribution in [2.75, 3.05) is 31.1 Å². The molecule has 5 heteroatoms. The second-order valence-corrected chi connectivity index (χ2v) is 8.30. The van der Waals surface area contributed by atoms with Crippen LogP contribution in [0.3, 0.4) is 0 Å². The van der Waals surface area contributed by atoms with Crippen LogP contribution in [0, 0.1) is 13.8 Å². The molecule has 2 heterocycles. The van der Waals surface area contributed by atoms with Crippen LogP contribution in [0.5, 0.6) is 0 Å². The molecular formula is C26H30N4O. The number of piperazine rings is 1. The molecule has 0 unspecified atom stereocenters. The largest absolute Gasteiger partial charge is 0.352 e. The van der Waals surface area contributed by atoms with Crippen molar-refractivity contribution >= 4 is 11.7 Å². The summed E-state index contributed by atoms with van der Waals surface area (Å²) in [6.45, 7) is 7.27. The highest BCUT2D eigenvalue weighted by Crippen LogP contribution is 2.23. The molecule has 0 saturated carbocycles. The summed E-state index contributed by atoms with van der Waals surface area (Å²) >= 11 is 0. The number of rotatable bonds is 6. The fraction of sp³-hybridized carbons (Fsp3) is 0.346. The van der Waals surface area contributed by atoms with Gasteiger partial charge in [0.05, 0.1) is 5.69 Å². The number of hydrogen-bond acceptors (Lipinski definition) is 4. The van der Waals surface area contributed by atoms with Crippen LogP contribution in [0.25, 0.3) is 11.3 Å². The molecular weight excluding hydrogens is 384 g/mol. The molecule has 0 atom stereocenters. The van der Waals surface area contributed by atoms with E-state index in [2.05, 4.69) is 59.3 Å². The van der Waals surface area contributed by atoms with Crippen LogP contribution in [0.1, 0.15) is 29.5 Å². The van der Waals surface area contributed by atoms with E-state index in [-0.39, 0.29) is 5.91 Å². The molecule has 0 spiro atoms. The van der Waals surface area contributed by atoms with Crippen molar-refractivity contribution in [3.8, 4) is 11.3 Å². The molecule has 0 N–H and O–H groups in total. The van der Waals surface area contributed by atoms with E-state index in [1.165, 1.54) is 16.7 Å². The lowest BCUT2D eigenvalue weighted by molar-refractivity contribution is -0.131. The Morgan fingerprint density at radius 3 is 2.35 bits per heavy atom. The maximum Gasteiger partial charge on any atom is 0.222 e. The van der Waals surface area contributed by atoms with E-state index < -0.39 is 0 Å². The minimum absolute atomic E-state index is 0.256. The van der Waals surface area contributed by atoms with Crippen molar-refractivity contribution in [3.63, 3.8) is 0 Å². The maximum atomic E-state index is 12.6. The lowest BCUT2D eigenvalue weighted by Crippen LogP contribution is -2.49. The summed E-state index contributed by atoms with van der Waals surface area (Å²) in [6.07, 6.45) is 2.46. The van der Waals surface area contributed by atoms with Crippen molar-refractivity contribution in [1.82, 2.24) is 15.1 Å².